The van der Waals surface area contributed by atoms with E-state index in [1.807, 2.05) is 31.2 Å². The number of carbonyl (C=O) groups excluding carboxylic acids is 1. The number of hydrogen-bond donors (Lipinski definition) is 0. The van der Waals surface area contributed by atoms with E-state index < -0.39 is 0 Å². The summed E-state index contributed by atoms with van der Waals surface area (Å²) in [4.78, 5) is 16.2. The van der Waals surface area contributed by atoms with E-state index >= 15 is 0 Å². The van der Waals surface area contributed by atoms with Crippen molar-refractivity contribution >= 4 is 28.4 Å². The summed E-state index contributed by atoms with van der Waals surface area (Å²) in [5.41, 5.74) is 1.20. The Balaban J connectivity index is 2.28. The van der Waals surface area contributed by atoms with Gasteiger partial charge in [0.15, 0.2) is 5.78 Å². The van der Waals surface area contributed by atoms with Gasteiger partial charge in [-0.05, 0) is 59.8 Å². The van der Waals surface area contributed by atoms with E-state index in [1.165, 1.54) is 0 Å². The van der Waals surface area contributed by atoms with Crippen LogP contribution in [0.5, 0.6) is 5.75 Å². The fourth-order valence-corrected chi connectivity index (χ4v) is 1.92. The number of ether oxygens (including phenoxy) is 1. The van der Waals surface area contributed by atoms with Gasteiger partial charge in [0, 0.05) is 20.9 Å². The molecule has 0 atom stereocenters. The molecule has 0 unspecified atom stereocenters. The van der Waals surface area contributed by atoms with Crippen molar-refractivity contribution in [3.05, 3.63) is 57.4 Å². The highest BCUT2D eigenvalue weighted by Gasteiger charge is 2.10. The first-order valence-corrected chi connectivity index (χ1v) is 6.66. The van der Waals surface area contributed by atoms with Crippen LogP contribution < -0.4 is 4.74 Å². The van der Waals surface area contributed by atoms with Crippen LogP contribution in [0.3, 0.4) is 0 Å². The minimum Gasteiger partial charge on any atom is -0.492 e. The van der Waals surface area contributed by atoms with E-state index in [4.69, 9.17) is 4.74 Å². The average Bonchev–Trinajstić information content (AvgIpc) is 2.39. The first-order chi connectivity index (χ1) is 8.70. The van der Waals surface area contributed by atoms with Crippen molar-refractivity contribution in [3.63, 3.8) is 0 Å². The Morgan fingerprint density at radius 2 is 1.94 bits per heavy atom. The third kappa shape index (κ3) is 3.07. The maximum absolute atomic E-state index is 12.2. The van der Waals surface area contributed by atoms with Crippen LogP contribution >= 0.6 is 22.6 Å². The zero-order valence-electron chi connectivity index (χ0n) is 9.89. The first kappa shape index (κ1) is 13.0. The number of pyridine rings is 1. The zero-order chi connectivity index (χ0) is 13.0. The second kappa shape index (κ2) is 5.95. The van der Waals surface area contributed by atoms with Gasteiger partial charge in [0.2, 0.25) is 0 Å². The van der Waals surface area contributed by atoms with Crippen molar-refractivity contribution in [2.75, 3.05) is 6.61 Å². The van der Waals surface area contributed by atoms with Gasteiger partial charge >= 0.3 is 0 Å². The Bertz CT molecular complexity index is 552. The Kier molecular flexibility index (Phi) is 4.30. The Labute approximate surface area is 119 Å². The maximum Gasteiger partial charge on any atom is 0.194 e. The van der Waals surface area contributed by atoms with Crippen LogP contribution in [0.2, 0.25) is 0 Å². The van der Waals surface area contributed by atoms with Gasteiger partial charge in [0.1, 0.15) is 5.75 Å². The molecule has 0 amide bonds. The van der Waals surface area contributed by atoms with Gasteiger partial charge < -0.3 is 4.74 Å². The largest absolute Gasteiger partial charge is 0.492 e. The van der Waals surface area contributed by atoms with E-state index in [0.717, 1.165) is 3.57 Å². The summed E-state index contributed by atoms with van der Waals surface area (Å²) < 4.78 is 6.44. The van der Waals surface area contributed by atoms with E-state index in [-0.39, 0.29) is 5.78 Å². The SMILES string of the molecule is CCOc1cncc(C(=O)c2ccc(I)cc2)c1. The summed E-state index contributed by atoms with van der Waals surface area (Å²) in [5, 5.41) is 0. The lowest BCUT2D eigenvalue weighted by atomic mass is 10.1. The maximum atomic E-state index is 12.2. The third-order valence-corrected chi connectivity index (χ3v) is 3.11. The molecule has 1 heterocycles. The summed E-state index contributed by atoms with van der Waals surface area (Å²) in [6.07, 6.45) is 3.16. The average molecular weight is 353 g/mol. The molecule has 0 aliphatic heterocycles. The third-order valence-electron chi connectivity index (χ3n) is 2.39. The molecule has 0 fully saturated rings. The number of aromatic nitrogens is 1. The lowest BCUT2D eigenvalue weighted by molar-refractivity contribution is 0.103. The van der Waals surface area contributed by atoms with Crippen molar-refractivity contribution < 1.29 is 9.53 Å². The monoisotopic (exact) mass is 353 g/mol. The molecule has 0 saturated carbocycles. The van der Waals surface area contributed by atoms with Crippen LogP contribution in [0.1, 0.15) is 22.8 Å². The zero-order valence-corrected chi connectivity index (χ0v) is 12.0. The molecule has 2 aromatic rings. The molecule has 18 heavy (non-hydrogen) atoms. The predicted octanol–water partition coefficient (Wildman–Crippen LogP) is 3.32. The summed E-state index contributed by atoms with van der Waals surface area (Å²) in [6.45, 7) is 2.45. The molecular weight excluding hydrogens is 341 g/mol. The van der Waals surface area contributed by atoms with Gasteiger partial charge in [-0.3, -0.25) is 9.78 Å². The molecule has 0 radical (unpaired) electrons. The summed E-state index contributed by atoms with van der Waals surface area (Å²) in [6, 6.07) is 9.17. The number of nitrogens with zero attached hydrogens (tertiary/aromatic N) is 1. The number of carbonyl (C=O) groups is 1. The summed E-state index contributed by atoms with van der Waals surface area (Å²) in [5.74, 6) is 0.578. The minimum absolute atomic E-state index is 0.0412. The van der Waals surface area contributed by atoms with Crippen molar-refractivity contribution in [2.45, 2.75) is 6.92 Å². The van der Waals surface area contributed by atoms with E-state index in [2.05, 4.69) is 27.6 Å². The molecule has 0 bridgehead atoms. The highest BCUT2D eigenvalue weighted by Crippen LogP contribution is 2.16. The molecule has 1 aromatic heterocycles. The predicted molar refractivity (Wildman–Crippen MR) is 78.0 cm³/mol. The lowest BCUT2D eigenvalue weighted by Crippen LogP contribution is -2.03. The fraction of sp³-hybridized carbons (Fsp3) is 0.143. The second-order valence-corrected chi connectivity index (χ2v) is 4.92. The fourth-order valence-electron chi connectivity index (χ4n) is 1.56. The standard InChI is InChI=1S/C14H12INO2/c1-2-18-13-7-11(8-16-9-13)14(17)10-3-5-12(15)6-4-10/h3-9H,2H2,1H3. The minimum atomic E-state index is -0.0412. The van der Waals surface area contributed by atoms with Crippen molar-refractivity contribution in [2.24, 2.45) is 0 Å². The normalized spacial score (nSPS) is 10.1. The molecule has 0 N–H and O–H groups in total. The Morgan fingerprint density at radius 1 is 1.22 bits per heavy atom. The molecule has 0 aliphatic rings. The van der Waals surface area contributed by atoms with Crippen molar-refractivity contribution in [3.8, 4) is 5.75 Å². The highest BCUT2D eigenvalue weighted by molar-refractivity contribution is 14.1. The Morgan fingerprint density at radius 3 is 2.61 bits per heavy atom. The molecule has 2 rings (SSSR count). The summed E-state index contributed by atoms with van der Waals surface area (Å²) >= 11 is 2.21. The molecule has 0 aliphatic carbocycles. The number of hydrogen-bond acceptors (Lipinski definition) is 3. The van der Waals surface area contributed by atoms with E-state index in [0.29, 0.717) is 23.5 Å². The Hall–Kier alpha value is -1.43. The molecule has 92 valence electrons. The number of halogens is 1. The van der Waals surface area contributed by atoms with Gasteiger partial charge in [0.25, 0.3) is 0 Å². The molecule has 0 spiro atoms. The highest BCUT2D eigenvalue weighted by atomic mass is 127. The molecule has 1 aromatic carbocycles. The van der Waals surface area contributed by atoms with Crippen molar-refractivity contribution in [1.29, 1.82) is 0 Å². The van der Waals surface area contributed by atoms with Gasteiger partial charge in [-0.1, -0.05) is 0 Å². The topological polar surface area (TPSA) is 39.2 Å². The molecular formula is C14H12INO2. The van der Waals surface area contributed by atoms with Gasteiger partial charge in [-0.15, -0.1) is 0 Å². The van der Waals surface area contributed by atoms with Gasteiger partial charge in [-0.2, -0.15) is 0 Å². The molecule has 0 saturated heterocycles. The van der Waals surface area contributed by atoms with Gasteiger partial charge in [-0.25, -0.2) is 0 Å². The van der Waals surface area contributed by atoms with E-state index in [9.17, 15) is 4.79 Å². The number of benzene rings is 1. The van der Waals surface area contributed by atoms with Crippen molar-refractivity contribution in [1.82, 2.24) is 4.98 Å². The van der Waals surface area contributed by atoms with Crippen LogP contribution in [-0.4, -0.2) is 17.4 Å². The van der Waals surface area contributed by atoms with E-state index in [1.54, 1.807) is 18.5 Å². The first-order valence-electron chi connectivity index (χ1n) is 5.59. The number of ketones is 1. The summed E-state index contributed by atoms with van der Waals surface area (Å²) in [7, 11) is 0. The molecule has 4 heteroatoms. The quantitative estimate of drug-likeness (QED) is 0.625. The number of rotatable bonds is 4. The van der Waals surface area contributed by atoms with Crippen LogP contribution in [0.4, 0.5) is 0 Å². The van der Waals surface area contributed by atoms with Crippen LogP contribution in [0.15, 0.2) is 42.7 Å². The smallest absolute Gasteiger partial charge is 0.194 e. The van der Waals surface area contributed by atoms with Crippen LogP contribution in [0, 0.1) is 3.57 Å². The lowest BCUT2D eigenvalue weighted by Gasteiger charge is -2.05. The van der Waals surface area contributed by atoms with Crippen LogP contribution in [-0.2, 0) is 0 Å². The molecule has 3 nitrogen and oxygen atoms in total. The van der Waals surface area contributed by atoms with Gasteiger partial charge in [0.05, 0.1) is 12.8 Å². The second-order valence-electron chi connectivity index (χ2n) is 3.68. The van der Waals surface area contributed by atoms with Crippen LogP contribution in [0.25, 0.3) is 0 Å².